The molecule has 0 saturated heterocycles. The molecule has 0 amide bonds. The van der Waals surface area contributed by atoms with Crippen LogP contribution in [0.4, 0.5) is 0 Å². The minimum absolute atomic E-state index is 0. The van der Waals surface area contributed by atoms with Crippen LogP contribution in [0.5, 0.6) is 0 Å². The molecule has 0 aliphatic carbocycles. The van der Waals surface area contributed by atoms with E-state index in [1.165, 1.54) is 0 Å². The number of hydrogen-bond donors (Lipinski definition) is 0. The maximum atomic E-state index is 8.54. The van der Waals surface area contributed by atoms with E-state index in [4.69, 9.17) is 36.6 Å². The van der Waals surface area contributed by atoms with Crippen molar-refractivity contribution in [3.63, 3.8) is 0 Å². The third-order valence-corrected chi connectivity index (χ3v) is 0. The van der Waals surface area contributed by atoms with Gasteiger partial charge in [-0.3, -0.25) is 0 Å². The smallest absolute Gasteiger partial charge is 1.00 e. The predicted octanol–water partition coefficient (Wildman–Crippen LogP) is -11.6. The van der Waals surface area contributed by atoms with Crippen LogP contribution in [0.2, 0.25) is 0 Å². The molecular weight excluding hydrogens is 455 g/mol. The van der Waals surface area contributed by atoms with Crippen molar-refractivity contribution in [2.75, 3.05) is 0 Å². The molecule has 0 atom stereocenters. The molecule has 14 heteroatoms. The Morgan fingerprint density at radius 3 is 0.571 bits per heavy atom. The third kappa shape index (κ3) is 477. The van der Waals surface area contributed by atoms with Gasteiger partial charge in [-0.05, 0) is 0 Å². The molecule has 0 heterocycles. The molecule has 0 radical (unpaired) electrons. The molecule has 0 bridgehead atoms. The Morgan fingerprint density at radius 2 is 0.571 bits per heavy atom. The molecule has 0 aliphatic rings. The molecular formula is NaO9Se3V. The Labute approximate surface area is 127 Å². The molecule has 0 rings (SSSR count). The summed E-state index contributed by atoms with van der Waals surface area (Å²) in [6.45, 7) is 0. The zero-order valence-electron chi connectivity index (χ0n) is 6.35. The quantitative estimate of drug-likeness (QED) is 0.320. The van der Waals surface area contributed by atoms with E-state index in [1.807, 2.05) is 0 Å². The van der Waals surface area contributed by atoms with Gasteiger partial charge in [0.15, 0.2) is 0 Å². The Morgan fingerprint density at radius 1 is 0.571 bits per heavy atom. The van der Waals surface area contributed by atoms with Crippen molar-refractivity contribution in [2.45, 2.75) is 0 Å². The Balaban J connectivity index is -0.0000000270. The molecule has 9 nitrogen and oxygen atoms in total. The van der Waals surface area contributed by atoms with Crippen LogP contribution in [0, 0.1) is 0 Å². The van der Waals surface area contributed by atoms with Crippen molar-refractivity contribution in [3.8, 4) is 0 Å². The van der Waals surface area contributed by atoms with Gasteiger partial charge in [-0.1, -0.05) is 0 Å². The van der Waals surface area contributed by atoms with E-state index in [0.717, 1.165) is 0 Å². The summed E-state index contributed by atoms with van der Waals surface area (Å²) in [5.41, 5.74) is 0. The fourth-order valence-electron chi connectivity index (χ4n) is 0. The van der Waals surface area contributed by atoms with Crippen LogP contribution in [0.15, 0.2) is 0 Å². The summed E-state index contributed by atoms with van der Waals surface area (Å²) in [7, 11) is 0. The monoisotopic (exact) mass is 458 g/mol. The summed E-state index contributed by atoms with van der Waals surface area (Å²) in [6.07, 6.45) is 0. The van der Waals surface area contributed by atoms with Gasteiger partial charge in [0.05, 0.1) is 0 Å². The molecule has 0 aromatic heterocycles. The first-order valence-electron chi connectivity index (χ1n) is 1.50. The summed E-state index contributed by atoms with van der Waals surface area (Å²) in [5, 5.41) is 0. The van der Waals surface area contributed by atoms with Crippen molar-refractivity contribution >= 4 is 43.5 Å². The van der Waals surface area contributed by atoms with Crippen LogP contribution in [-0.2, 0) is 30.1 Å². The molecule has 0 aromatic rings. The van der Waals surface area contributed by atoms with E-state index < -0.39 is 43.5 Å². The standard InChI is InChI=1S/Na.3H2O3Se.V/c;3*1-4(2)3;/h;3*(H2,1,2,3);/q+1;;;;+5/p-6. The van der Waals surface area contributed by atoms with Gasteiger partial charge in [-0.2, -0.15) is 0 Å². The fourth-order valence-corrected chi connectivity index (χ4v) is 0. The summed E-state index contributed by atoms with van der Waals surface area (Å²) >= 11 is -11.4. The number of rotatable bonds is 0. The summed E-state index contributed by atoms with van der Waals surface area (Å²) in [4.78, 5) is 0. The van der Waals surface area contributed by atoms with Crippen LogP contribution in [0.1, 0.15) is 0 Å². The van der Waals surface area contributed by atoms with Gasteiger partial charge in [0.1, 0.15) is 0 Å². The molecule has 0 aromatic carbocycles. The van der Waals surface area contributed by atoms with Gasteiger partial charge < -0.3 is 0 Å². The fraction of sp³-hybridized carbons (Fsp3) is 0. The zero-order chi connectivity index (χ0) is 10.7. The van der Waals surface area contributed by atoms with Crippen LogP contribution >= 0.6 is 0 Å². The molecule has 0 spiro atoms. The second kappa shape index (κ2) is 24.5. The minimum Gasteiger partial charge on any atom is 1.00 e. The molecule has 0 fully saturated rings. The molecule has 0 N–H and O–H groups in total. The first-order valence-corrected chi connectivity index (χ1v) is 7.79. The van der Waals surface area contributed by atoms with Crippen molar-refractivity contribution in [1.29, 1.82) is 0 Å². The Kier molecular flexibility index (Phi) is 52.3. The summed E-state index contributed by atoms with van der Waals surface area (Å²) in [5.74, 6) is 0. The molecule has 0 saturated carbocycles. The molecule has 0 aliphatic heterocycles. The second-order valence-electron chi connectivity index (χ2n) is 0.612. The van der Waals surface area contributed by atoms with Crippen LogP contribution in [0.3, 0.4) is 0 Å². The van der Waals surface area contributed by atoms with Gasteiger partial charge in [0.25, 0.3) is 0 Å². The first-order chi connectivity index (χ1) is 5.20. The van der Waals surface area contributed by atoms with Crippen molar-refractivity contribution < 1.29 is 84.8 Å². The van der Waals surface area contributed by atoms with Gasteiger partial charge in [0.2, 0.25) is 0 Å². The predicted molar refractivity (Wildman–Crippen MR) is 19.3 cm³/mol. The first kappa shape index (κ1) is 29.9. The SMILES string of the molecule is O=[Se]([O-])[O-].O=[Se]([O-])[O-].O=[Se]([O-])[O-].[Na+].[V+5]. The zero-order valence-corrected chi connectivity index (χ0v) is 14.9. The Hall–Kier alpha value is 2.30. The van der Waals surface area contributed by atoms with Crippen molar-refractivity contribution in [1.82, 2.24) is 0 Å². The molecule has 14 heavy (non-hydrogen) atoms. The third-order valence-electron chi connectivity index (χ3n) is 0. The topological polar surface area (TPSA) is 190 Å². The van der Waals surface area contributed by atoms with E-state index in [0.29, 0.717) is 0 Å². The van der Waals surface area contributed by atoms with E-state index in [-0.39, 0.29) is 48.1 Å². The van der Waals surface area contributed by atoms with Crippen LogP contribution < -0.4 is 54.7 Å². The molecule has 78 valence electrons. The largest absolute Gasteiger partial charge is 5.00 e. The normalized spacial score (nSPS) is 7.50. The van der Waals surface area contributed by atoms with Crippen molar-refractivity contribution in [2.24, 2.45) is 0 Å². The minimum atomic E-state index is -3.79. The van der Waals surface area contributed by atoms with E-state index in [1.54, 1.807) is 0 Å². The van der Waals surface area contributed by atoms with Crippen molar-refractivity contribution in [3.05, 3.63) is 0 Å². The van der Waals surface area contributed by atoms with E-state index in [9.17, 15) is 0 Å². The van der Waals surface area contributed by atoms with Crippen LogP contribution in [-0.4, -0.2) is 43.5 Å². The van der Waals surface area contributed by atoms with Gasteiger partial charge in [-0.15, -0.1) is 0 Å². The number of hydrogen-bond acceptors (Lipinski definition) is 9. The average molecular weight is 455 g/mol. The molecule has 0 unspecified atom stereocenters. The average Bonchev–Trinajstić information content (AvgIpc) is 1.54. The van der Waals surface area contributed by atoms with Gasteiger partial charge in [0, 0.05) is 0 Å². The second-order valence-corrected chi connectivity index (χ2v) is 3.18. The van der Waals surface area contributed by atoms with Gasteiger partial charge in [-0.25, -0.2) is 0 Å². The maximum Gasteiger partial charge on any atom is 5.00 e. The maximum absolute atomic E-state index is 8.54. The van der Waals surface area contributed by atoms with E-state index in [2.05, 4.69) is 0 Å². The Bertz CT molecular complexity index is 118. The summed E-state index contributed by atoms with van der Waals surface area (Å²) < 4.78 is 76.9. The summed E-state index contributed by atoms with van der Waals surface area (Å²) in [6, 6.07) is 0. The van der Waals surface area contributed by atoms with Crippen LogP contribution in [0.25, 0.3) is 0 Å². The van der Waals surface area contributed by atoms with E-state index >= 15 is 0 Å². The van der Waals surface area contributed by atoms with Gasteiger partial charge >= 0.3 is 128 Å².